The number of hydrogen-bond donors (Lipinski definition) is 5. The predicted molar refractivity (Wildman–Crippen MR) is 117 cm³/mol. The monoisotopic (exact) mass is 461 g/mol. The third-order valence-corrected chi connectivity index (χ3v) is 5.19. The molecule has 1 aliphatic rings. The third-order valence-electron chi connectivity index (χ3n) is 4.68. The van der Waals surface area contributed by atoms with Crippen LogP contribution in [0.1, 0.15) is 42.5 Å². The molecule has 1 fully saturated rings. The van der Waals surface area contributed by atoms with E-state index >= 15 is 0 Å². The fraction of sp³-hybridized carbons (Fsp3) is 0.412. The molecule has 9 nitrogen and oxygen atoms in total. The highest BCUT2D eigenvalue weighted by Crippen LogP contribution is 2.28. The highest BCUT2D eigenvalue weighted by atomic mass is 35.5. The van der Waals surface area contributed by atoms with Gasteiger partial charge in [0.1, 0.15) is 5.56 Å². The molecule has 12 heteroatoms. The molecule has 2 aromatic rings. The van der Waals surface area contributed by atoms with E-state index in [9.17, 15) is 9.59 Å². The van der Waals surface area contributed by atoms with E-state index in [2.05, 4.69) is 25.6 Å². The Morgan fingerprint density at radius 3 is 2.62 bits per heavy atom. The summed E-state index contributed by atoms with van der Waals surface area (Å²) in [6, 6.07) is 1.49. The van der Waals surface area contributed by atoms with Crippen molar-refractivity contribution in [1.29, 1.82) is 0 Å². The van der Waals surface area contributed by atoms with Gasteiger partial charge in [0.05, 0.1) is 10.7 Å². The molecule has 2 aromatic heterocycles. The lowest BCUT2D eigenvalue weighted by Crippen LogP contribution is -2.48. The van der Waals surface area contributed by atoms with E-state index in [4.69, 9.17) is 34.7 Å². The quantitative estimate of drug-likeness (QED) is 0.414. The number of aromatic nitrogens is 3. The third kappa shape index (κ3) is 5.72. The average Bonchev–Trinajstić information content (AvgIpc) is 2.63. The fourth-order valence-electron chi connectivity index (χ4n) is 3.21. The van der Waals surface area contributed by atoms with Gasteiger partial charge < -0.3 is 22.1 Å². The Labute approximate surface area is 183 Å². The van der Waals surface area contributed by atoms with Crippen LogP contribution in [-0.4, -0.2) is 32.9 Å². The van der Waals surface area contributed by atoms with E-state index in [0.29, 0.717) is 11.6 Å². The Balaban J connectivity index is 0.00000300. The molecule has 0 saturated heterocycles. The van der Waals surface area contributed by atoms with Crippen LogP contribution < -0.4 is 27.7 Å². The van der Waals surface area contributed by atoms with E-state index < -0.39 is 11.5 Å². The molecule has 158 valence electrons. The summed E-state index contributed by atoms with van der Waals surface area (Å²) in [5, 5.41) is 6.28. The van der Waals surface area contributed by atoms with Crippen molar-refractivity contribution in [2.45, 2.75) is 37.6 Å². The normalized spacial score (nSPS) is 15.3. The number of nitrogens with one attached hydrogen (secondary N) is 3. The minimum absolute atomic E-state index is 0. The van der Waals surface area contributed by atoms with E-state index in [1.54, 1.807) is 0 Å². The number of H-pyrrole nitrogens is 1. The minimum atomic E-state index is -0.934. The lowest BCUT2D eigenvalue weighted by Gasteiger charge is -2.33. The van der Waals surface area contributed by atoms with Gasteiger partial charge in [-0.15, -0.1) is 12.4 Å². The first kappa shape index (κ1) is 23.2. The summed E-state index contributed by atoms with van der Waals surface area (Å²) in [5.41, 5.74) is 10.6. The number of amides is 1. The molecule has 0 radical (unpaired) electrons. The van der Waals surface area contributed by atoms with Gasteiger partial charge in [0, 0.05) is 18.3 Å². The number of anilines is 3. The van der Waals surface area contributed by atoms with Gasteiger partial charge in [-0.05, 0) is 18.9 Å². The highest BCUT2D eigenvalue weighted by Gasteiger charge is 2.27. The van der Waals surface area contributed by atoms with Crippen molar-refractivity contribution in [1.82, 2.24) is 15.0 Å². The standard InChI is InChI=1S/C17H21Cl2N7O2.ClH/c18-9-6-10(12(19)22-7-9)24-14-11(13(20)27)15(28)26-16(25-14)23-8-17(21)4-2-1-3-5-17;/h6-7H,1-5,8,21H2,(H2,20,27)(H3,23,24,25,26,28);1H. The van der Waals surface area contributed by atoms with Gasteiger partial charge in [0.2, 0.25) is 5.95 Å². The molecule has 2 heterocycles. The lowest BCUT2D eigenvalue weighted by atomic mass is 9.82. The molecule has 7 N–H and O–H groups in total. The van der Waals surface area contributed by atoms with Crippen LogP contribution in [0.4, 0.5) is 17.5 Å². The second-order valence-electron chi connectivity index (χ2n) is 6.90. The number of nitrogens with zero attached hydrogens (tertiary/aromatic N) is 2. The molecule has 0 unspecified atom stereocenters. The summed E-state index contributed by atoms with van der Waals surface area (Å²) in [6.07, 6.45) is 6.44. The Morgan fingerprint density at radius 2 is 1.97 bits per heavy atom. The van der Waals surface area contributed by atoms with Gasteiger partial charge in [-0.25, -0.2) is 4.98 Å². The van der Waals surface area contributed by atoms with Crippen LogP contribution in [0.2, 0.25) is 10.2 Å². The van der Waals surface area contributed by atoms with E-state index in [0.717, 1.165) is 25.7 Å². The van der Waals surface area contributed by atoms with Gasteiger partial charge in [-0.1, -0.05) is 42.5 Å². The van der Waals surface area contributed by atoms with Gasteiger partial charge in [-0.2, -0.15) is 4.98 Å². The Morgan fingerprint density at radius 1 is 1.28 bits per heavy atom. The largest absolute Gasteiger partial charge is 0.365 e. The molecule has 0 atom stereocenters. The molecule has 1 saturated carbocycles. The fourth-order valence-corrected chi connectivity index (χ4v) is 3.51. The zero-order valence-corrected chi connectivity index (χ0v) is 17.8. The van der Waals surface area contributed by atoms with Crippen molar-refractivity contribution in [2.75, 3.05) is 17.2 Å². The van der Waals surface area contributed by atoms with Crippen LogP contribution in [0.25, 0.3) is 0 Å². The smallest absolute Gasteiger partial charge is 0.267 e. The van der Waals surface area contributed by atoms with E-state index in [-0.39, 0.29) is 46.1 Å². The summed E-state index contributed by atoms with van der Waals surface area (Å²) in [4.78, 5) is 34.9. The second-order valence-corrected chi connectivity index (χ2v) is 7.69. The van der Waals surface area contributed by atoms with Crippen LogP contribution in [0.15, 0.2) is 17.1 Å². The zero-order valence-electron chi connectivity index (χ0n) is 15.4. The minimum Gasteiger partial charge on any atom is -0.365 e. The summed E-state index contributed by atoms with van der Waals surface area (Å²) >= 11 is 12.0. The van der Waals surface area contributed by atoms with Crippen molar-refractivity contribution in [3.05, 3.63) is 38.4 Å². The molecule has 1 amide bonds. The van der Waals surface area contributed by atoms with Crippen molar-refractivity contribution in [2.24, 2.45) is 11.5 Å². The molecular formula is C17H22Cl3N7O2. The van der Waals surface area contributed by atoms with Gasteiger partial charge >= 0.3 is 0 Å². The number of nitrogens with two attached hydrogens (primary N) is 2. The number of primary amides is 1. The number of aromatic amines is 1. The van der Waals surface area contributed by atoms with Crippen LogP contribution in [-0.2, 0) is 0 Å². The summed E-state index contributed by atoms with van der Waals surface area (Å²) in [5.74, 6) is -0.824. The van der Waals surface area contributed by atoms with Crippen molar-refractivity contribution >= 4 is 59.0 Å². The Bertz CT molecular complexity index is 945. The van der Waals surface area contributed by atoms with Gasteiger partial charge in [0.15, 0.2) is 11.0 Å². The van der Waals surface area contributed by atoms with Crippen molar-refractivity contribution < 1.29 is 4.79 Å². The maximum Gasteiger partial charge on any atom is 0.267 e. The molecule has 29 heavy (non-hydrogen) atoms. The molecule has 0 spiro atoms. The van der Waals surface area contributed by atoms with Gasteiger partial charge in [-0.3, -0.25) is 14.6 Å². The van der Waals surface area contributed by atoms with Crippen molar-refractivity contribution in [3.63, 3.8) is 0 Å². The molecule has 3 rings (SSSR count). The first-order valence-electron chi connectivity index (χ1n) is 8.82. The number of carbonyl (C=O) groups excluding carboxylic acids is 1. The number of halogens is 3. The maximum atomic E-state index is 12.4. The first-order valence-corrected chi connectivity index (χ1v) is 9.58. The van der Waals surface area contributed by atoms with Crippen LogP contribution in [0.5, 0.6) is 0 Å². The molecule has 0 bridgehead atoms. The van der Waals surface area contributed by atoms with E-state index in [1.807, 2.05) is 0 Å². The molecule has 0 aliphatic heterocycles. The highest BCUT2D eigenvalue weighted by molar-refractivity contribution is 6.34. The number of rotatable bonds is 6. The molecule has 0 aromatic carbocycles. The number of pyridine rings is 1. The van der Waals surface area contributed by atoms with Crippen LogP contribution in [0, 0.1) is 0 Å². The Hall–Kier alpha value is -2.07. The van der Waals surface area contributed by atoms with Crippen LogP contribution in [0.3, 0.4) is 0 Å². The lowest BCUT2D eigenvalue weighted by molar-refractivity contribution is 0.0999. The average molecular weight is 463 g/mol. The summed E-state index contributed by atoms with van der Waals surface area (Å²) in [6.45, 7) is 0.435. The van der Waals surface area contributed by atoms with Crippen LogP contribution >= 0.6 is 35.6 Å². The first-order chi connectivity index (χ1) is 13.3. The topological polar surface area (TPSA) is 152 Å². The predicted octanol–water partition coefficient (Wildman–Crippen LogP) is 2.81. The zero-order chi connectivity index (χ0) is 20.3. The van der Waals surface area contributed by atoms with E-state index in [1.165, 1.54) is 18.7 Å². The summed E-state index contributed by atoms with van der Waals surface area (Å²) < 4.78 is 0. The molecular weight excluding hydrogens is 441 g/mol. The van der Waals surface area contributed by atoms with Crippen molar-refractivity contribution in [3.8, 4) is 0 Å². The summed E-state index contributed by atoms with van der Waals surface area (Å²) in [7, 11) is 0. The second kappa shape index (κ2) is 9.62. The number of carbonyl (C=O) groups is 1. The maximum absolute atomic E-state index is 12.4. The number of hydrogen-bond acceptors (Lipinski definition) is 7. The van der Waals surface area contributed by atoms with Gasteiger partial charge in [0.25, 0.3) is 11.5 Å². The Kier molecular flexibility index (Phi) is 7.70. The molecule has 1 aliphatic carbocycles. The SMILES string of the molecule is Cl.NC(=O)c1c(Nc2cc(Cl)cnc2Cl)nc(NCC2(N)CCCCC2)[nH]c1=O.